The number of carbonyl (C=O) groups excluding carboxylic acids is 2. The molecule has 3 amide bonds. The second kappa shape index (κ2) is 7.16. The third kappa shape index (κ3) is 3.62. The van der Waals surface area contributed by atoms with Gasteiger partial charge in [-0.25, -0.2) is 9.79 Å². The summed E-state index contributed by atoms with van der Waals surface area (Å²) in [6, 6.07) is 1.51. The van der Waals surface area contributed by atoms with Gasteiger partial charge < -0.3 is 20.0 Å². The van der Waals surface area contributed by atoms with Crippen LogP contribution in [0.25, 0.3) is 0 Å². The topological polar surface area (TPSA) is 99.0 Å². The number of piperidine rings is 1. The van der Waals surface area contributed by atoms with Gasteiger partial charge in [0.1, 0.15) is 5.54 Å². The smallest absolute Gasteiger partial charge is 0.322 e. The SMILES string of the molecule is CCNC(=NCc1ccoc1)N1CCC(C2(C)NC(=O)NC2=O)CC1. The first-order valence-electron chi connectivity index (χ1n) is 8.71. The highest BCUT2D eigenvalue weighted by Gasteiger charge is 2.48. The summed E-state index contributed by atoms with van der Waals surface area (Å²) in [6.45, 7) is 6.79. The number of amides is 3. The van der Waals surface area contributed by atoms with E-state index >= 15 is 0 Å². The first-order valence-corrected chi connectivity index (χ1v) is 8.71. The molecule has 0 bridgehead atoms. The van der Waals surface area contributed by atoms with Crippen molar-refractivity contribution in [3.05, 3.63) is 24.2 Å². The minimum atomic E-state index is -0.810. The van der Waals surface area contributed by atoms with E-state index in [9.17, 15) is 9.59 Å². The molecule has 0 aliphatic carbocycles. The number of hydrogen-bond acceptors (Lipinski definition) is 4. The van der Waals surface area contributed by atoms with Gasteiger partial charge in [-0.15, -0.1) is 0 Å². The van der Waals surface area contributed by atoms with E-state index in [2.05, 4.69) is 25.8 Å². The van der Waals surface area contributed by atoms with Crippen molar-refractivity contribution in [1.82, 2.24) is 20.9 Å². The number of guanidine groups is 1. The number of imide groups is 1. The predicted octanol–water partition coefficient (Wildman–Crippen LogP) is 1.06. The molecule has 3 rings (SSSR count). The van der Waals surface area contributed by atoms with Crippen LogP contribution >= 0.6 is 0 Å². The van der Waals surface area contributed by atoms with E-state index in [-0.39, 0.29) is 11.8 Å². The van der Waals surface area contributed by atoms with Crippen molar-refractivity contribution < 1.29 is 14.0 Å². The van der Waals surface area contributed by atoms with Crippen molar-refractivity contribution in [2.45, 2.75) is 38.8 Å². The Labute approximate surface area is 147 Å². The largest absolute Gasteiger partial charge is 0.472 e. The predicted molar refractivity (Wildman–Crippen MR) is 92.9 cm³/mol. The van der Waals surface area contributed by atoms with Crippen molar-refractivity contribution in [2.75, 3.05) is 19.6 Å². The highest BCUT2D eigenvalue weighted by atomic mass is 16.3. The van der Waals surface area contributed by atoms with E-state index in [0.29, 0.717) is 6.54 Å². The number of rotatable bonds is 4. The van der Waals surface area contributed by atoms with E-state index in [1.165, 1.54) is 0 Å². The van der Waals surface area contributed by atoms with Crippen LogP contribution in [0.5, 0.6) is 0 Å². The lowest BCUT2D eigenvalue weighted by Gasteiger charge is -2.39. The summed E-state index contributed by atoms with van der Waals surface area (Å²) in [5.41, 5.74) is 0.221. The summed E-state index contributed by atoms with van der Waals surface area (Å²) < 4.78 is 5.08. The van der Waals surface area contributed by atoms with Crippen molar-refractivity contribution in [3.63, 3.8) is 0 Å². The van der Waals surface area contributed by atoms with Gasteiger partial charge in [0, 0.05) is 25.2 Å². The molecular formula is C17H25N5O3. The Hall–Kier alpha value is -2.51. The summed E-state index contributed by atoms with van der Waals surface area (Å²) >= 11 is 0. The summed E-state index contributed by atoms with van der Waals surface area (Å²) in [5, 5.41) is 8.46. The van der Waals surface area contributed by atoms with Crippen LogP contribution in [0.2, 0.25) is 0 Å². The van der Waals surface area contributed by atoms with Crippen LogP contribution in [0.3, 0.4) is 0 Å². The fourth-order valence-corrected chi connectivity index (χ4v) is 3.49. The number of nitrogens with zero attached hydrogens (tertiary/aromatic N) is 2. The Balaban J connectivity index is 1.62. The number of furan rings is 1. The molecule has 2 fully saturated rings. The van der Waals surface area contributed by atoms with Crippen molar-refractivity contribution in [2.24, 2.45) is 10.9 Å². The second-order valence-corrected chi connectivity index (χ2v) is 6.67. The lowest BCUT2D eigenvalue weighted by molar-refractivity contribution is -0.125. The molecule has 1 unspecified atom stereocenters. The number of nitrogens with one attached hydrogen (secondary N) is 3. The van der Waals surface area contributed by atoms with Gasteiger partial charge in [-0.2, -0.15) is 0 Å². The quantitative estimate of drug-likeness (QED) is 0.430. The number of hydrogen-bond donors (Lipinski definition) is 3. The lowest BCUT2D eigenvalue weighted by Crippen LogP contribution is -2.55. The van der Waals surface area contributed by atoms with Gasteiger partial charge in [-0.05, 0) is 38.7 Å². The molecule has 136 valence electrons. The van der Waals surface area contributed by atoms with Gasteiger partial charge in [0.25, 0.3) is 5.91 Å². The molecule has 0 saturated carbocycles. The number of likely N-dealkylation sites (tertiary alicyclic amines) is 1. The van der Waals surface area contributed by atoms with Gasteiger partial charge in [-0.1, -0.05) is 0 Å². The lowest BCUT2D eigenvalue weighted by atomic mass is 9.79. The van der Waals surface area contributed by atoms with Gasteiger partial charge in [-0.3, -0.25) is 10.1 Å². The minimum absolute atomic E-state index is 0.118. The fourth-order valence-electron chi connectivity index (χ4n) is 3.49. The molecular weight excluding hydrogens is 322 g/mol. The Bertz CT molecular complexity index is 649. The highest BCUT2D eigenvalue weighted by Crippen LogP contribution is 2.30. The monoisotopic (exact) mass is 347 g/mol. The van der Waals surface area contributed by atoms with Crippen LogP contribution in [0.1, 0.15) is 32.3 Å². The molecule has 2 aliphatic rings. The van der Waals surface area contributed by atoms with Crippen LogP contribution in [0.4, 0.5) is 4.79 Å². The Morgan fingerprint density at radius 1 is 1.44 bits per heavy atom. The molecule has 3 N–H and O–H groups in total. The van der Waals surface area contributed by atoms with E-state index in [1.807, 2.05) is 19.9 Å². The average molecular weight is 347 g/mol. The normalized spacial score (nSPS) is 25.0. The summed E-state index contributed by atoms with van der Waals surface area (Å²) in [6.07, 6.45) is 4.98. The molecule has 1 aromatic heterocycles. The Morgan fingerprint density at radius 3 is 2.76 bits per heavy atom. The summed E-state index contributed by atoms with van der Waals surface area (Å²) in [4.78, 5) is 30.5. The Morgan fingerprint density at radius 2 is 2.20 bits per heavy atom. The van der Waals surface area contributed by atoms with Gasteiger partial charge in [0.2, 0.25) is 0 Å². The van der Waals surface area contributed by atoms with Gasteiger partial charge in [0.05, 0.1) is 19.1 Å². The zero-order valence-corrected chi connectivity index (χ0v) is 14.7. The van der Waals surface area contributed by atoms with Crippen molar-refractivity contribution in [3.8, 4) is 0 Å². The minimum Gasteiger partial charge on any atom is -0.472 e. The molecule has 1 atom stereocenters. The maximum atomic E-state index is 12.1. The van der Waals surface area contributed by atoms with Crippen LogP contribution < -0.4 is 16.0 Å². The van der Waals surface area contributed by atoms with Crippen molar-refractivity contribution >= 4 is 17.9 Å². The third-order valence-corrected chi connectivity index (χ3v) is 5.01. The molecule has 8 nitrogen and oxygen atoms in total. The van der Waals surface area contributed by atoms with Crippen molar-refractivity contribution in [1.29, 1.82) is 0 Å². The van der Waals surface area contributed by atoms with Gasteiger partial charge in [0.15, 0.2) is 5.96 Å². The fraction of sp³-hybridized carbons (Fsp3) is 0.588. The first-order chi connectivity index (χ1) is 12.0. The maximum Gasteiger partial charge on any atom is 0.322 e. The molecule has 0 radical (unpaired) electrons. The van der Waals surface area contributed by atoms with E-state index in [4.69, 9.17) is 4.42 Å². The maximum absolute atomic E-state index is 12.1. The third-order valence-electron chi connectivity index (χ3n) is 5.01. The molecule has 1 aromatic rings. The second-order valence-electron chi connectivity index (χ2n) is 6.67. The Kier molecular flexibility index (Phi) is 4.96. The van der Waals surface area contributed by atoms with Crippen LogP contribution in [0.15, 0.2) is 28.0 Å². The zero-order valence-electron chi connectivity index (χ0n) is 14.7. The molecule has 3 heterocycles. The van der Waals surface area contributed by atoms with Crippen LogP contribution in [-0.4, -0.2) is 48.0 Å². The number of aliphatic imine (C=N–C) groups is 1. The van der Waals surface area contributed by atoms with Crippen LogP contribution in [-0.2, 0) is 11.3 Å². The highest BCUT2D eigenvalue weighted by molar-refractivity contribution is 6.07. The van der Waals surface area contributed by atoms with Crippen LogP contribution in [0, 0.1) is 5.92 Å². The van der Waals surface area contributed by atoms with E-state index in [1.54, 1.807) is 12.5 Å². The number of carbonyl (C=O) groups is 2. The molecule has 0 aromatic carbocycles. The number of urea groups is 1. The molecule has 2 saturated heterocycles. The molecule has 2 aliphatic heterocycles. The van der Waals surface area contributed by atoms with Gasteiger partial charge >= 0.3 is 6.03 Å². The standard InChI is InChI=1S/C17H25N5O3/c1-3-18-15(19-10-12-6-9-25-11-12)22-7-4-13(5-8-22)17(2)14(23)20-16(24)21-17/h6,9,11,13H,3-5,7-8,10H2,1-2H3,(H,18,19)(H2,20,21,23,24). The zero-order chi connectivity index (χ0) is 17.9. The molecule has 0 spiro atoms. The summed E-state index contributed by atoms with van der Waals surface area (Å²) in [7, 11) is 0. The van der Waals surface area contributed by atoms with E-state index < -0.39 is 11.6 Å². The average Bonchev–Trinajstić information content (AvgIpc) is 3.20. The van der Waals surface area contributed by atoms with E-state index in [0.717, 1.165) is 44.0 Å². The molecule has 25 heavy (non-hydrogen) atoms. The summed E-state index contributed by atoms with van der Waals surface area (Å²) in [5.74, 6) is 0.760. The first kappa shape index (κ1) is 17.3. The molecule has 8 heteroatoms.